The van der Waals surface area contributed by atoms with Crippen molar-refractivity contribution in [3.63, 3.8) is 0 Å². The first-order valence-electron chi connectivity index (χ1n) is 8.91. The lowest BCUT2D eigenvalue weighted by molar-refractivity contribution is 0.127. The third-order valence-electron chi connectivity index (χ3n) is 5.04. The molecule has 0 amide bonds. The van der Waals surface area contributed by atoms with Gasteiger partial charge in [-0.05, 0) is 30.5 Å². The summed E-state index contributed by atoms with van der Waals surface area (Å²) in [5, 5.41) is 16.4. The Balaban J connectivity index is 0.00000364. The monoisotopic (exact) mass is 513 g/mol. The third kappa shape index (κ3) is 6.73. The summed E-state index contributed by atoms with van der Waals surface area (Å²) < 4.78 is 18.8. The number of nitrogens with zero attached hydrogens (tertiary/aromatic N) is 1. The Morgan fingerprint density at radius 1 is 1.41 bits per heavy atom. The largest absolute Gasteiger partial charge is 0.396 e. The van der Waals surface area contributed by atoms with Crippen molar-refractivity contribution in [1.29, 1.82) is 0 Å². The van der Waals surface area contributed by atoms with Gasteiger partial charge in [0.2, 0.25) is 0 Å². The van der Waals surface area contributed by atoms with Gasteiger partial charge in [0.15, 0.2) is 5.96 Å². The number of aliphatic imine (C=N–C) groups is 1. The summed E-state index contributed by atoms with van der Waals surface area (Å²) in [5.74, 6) is 0.341. The van der Waals surface area contributed by atoms with E-state index in [0.717, 1.165) is 18.6 Å². The highest BCUT2D eigenvalue weighted by Gasteiger charge is 2.34. The minimum atomic E-state index is -0.340. The fourth-order valence-electron chi connectivity index (χ4n) is 3.24. The van der Waals surface area contributed by atoms with E-state index in [1.807, 2.05) is 13.8 Å². The van der Waals surface area contributed by atoms with E-state index in [1.165, 1.54) is 12.1 Å². The minimum absolute atomic E-state index is 0. The van der Waals surface area contributed by atoms with E-state index < -0.39 is 0 Å². The number of aliphatic hydroxyl groups excluding tert-OH is 1. The number of hydrogen-bond donors (Lipinski definition) is 3. The molecule has 3 N–H and O–H groups in total. The zero-order valence-corrected chi connectivity index (χ0v) is 19.2. The Hall–Kier alpha value is -0.640. The summed E-state index contributed by atoms with van der Waals surface area (Å²) in [4.78, 5) is 4.27. The van der Waals surface area contributed by atoms with Gasteiger partial charge in [-0.25, -0.2) is 4.39 Å². The number of benzene rings is 1. The molecule has 1 saturated heterocycles. The maximum atomic E-state index is 13.3. The van der Waals surface area contributed by atoms with Gasteiger partial charge in [-0.2, -0.15) is 0 Å². The molecule has 0 aliphatic carbocycles. The first-order chi connectivity index (χ1) is 12.3. The molecule has 0 radical (unpaired) electrons. The number of aliphatic hydroxyl groups is 1. The Labute approximate surface area is 183 Å². The lowest BCUT2D eigenvalue weighted by atomic mass is 9.84. The first kappa shape index (κ1) is 24.4. The van der Waals surface area contributed by atoms with Crippen molar-refractivity contribution in [3.8, 4) is 0 Å². The maximum Gasteiger partial charge on any atom is 0.191 e. The van der Waals surface area contributed by atoms with Crippen molar-refractivity contribution in [2.24, 2.45) is 10.4 Å². The number of halogens is 3. The number of guanidine groups is 1. The van der Waals surface area contributed by atoms with Gasteiger partial charge in [0.1, 0.15) is 5.82 Å². The SMILES string of the molecule is CN=C(NCC1(CCO)CCOC1)NCC(C)(C)c1ccc(F)cc1Cl.I. The van der Waals surface area contributed by atoms with Crippen LogP contribution in [0.4, 0.5) is 4.39 Å². The summed E-state index contributed by atoms with van der Waals surface area (Å²) in [6, 6.07) is 4.49. The minimum Gasteiger partial charge on any atom is -0.396 e. The van der Waals surface area contributed by atoms with Crippen LogP contribution in [0.2, 0.25) is 5.02 Å². The van der Waals surface area contributed by atoms with Crippen LogP contribution in [-0.2, 0) is 10.2 Å². The van der Waals surface area contributed by atoms with Crippen LogP contribution >= 0.6 is 35.6 Å². The highest BCUT2D eigenvalue weighted by Crippen LogP contribution is 2.32. The Kier molecular flexibility index (Phi) is 9.74. The molecule has 0 bridgehead atoms. The van der Waals surface area contributed by atoms with Gasteiger partial charge < -0.3 is 20.5 Å². The predicted molar refractivity (Wildman–Crippen MR) is 119 cm³/mol. The molecule has 1 aromatic carbocycles. The molecule has 1 heterocycles. The smallest absolute Gasteiger partial charge is 0.191 e. The third-order valence-corrected chi connectivity index (χ3v) is 5.35. The molecule has 0 spiro atoms. The van der Waals surface area contributed by atoms with Gasteiger partial charge in [0.25, 0.3) is 0 Å². The van der Waals surface area contributed by atoms with Crippen molar-refractivity contribution in [2.75, 3.05) is 40.0 Å². The second-order valence-electron chi connectivity index (χ2n) is 7.56. The van der Waals surface area contributed by atoms with E-state index in [0.29, 0.717) is 37.1 Å². The van der Waals surface area contributed by atoms with E-state index in [1.54, 1.807) is 13.1 Å². The number of rotatable bonds is 7. The molecule has 2 rings (SSSR count). The zero-order valence-electron chi connectivity index (χ0n) is 16.1. The molecule has 8 heteroatoms. The van der Waals surface area contributed by atoms with Crippen LogP contribution in [0.3, 0.4) is 0 Å². The van der Waals surface area contributed by atoms with Crippen molar-refractivity contribution >= 4 is 41.5 Å². The summed E-state index contributed by atoms with van der Waals surface area (Å²) in [6.07, 6.45) is 1.63. The standard InChI is InChI=1S/C19H29ClFN3O2.HI/c1-18(2,15-5-4-14(21)10-16(15)20)11-23-17(22-3)24-12-19(6-8-25)7-9-26-13-19;/h4-5,10,25H,6-9,11-13H2,1-3H3,(H2,22,23,24);1H. The average molecular weight is 514 g/mol. The highest BCUT2D eigenvalue weighted by atomic mass is 127. The summed E-state index contributed by atoms with van der Waals surface area (Å²) in [7, 11) is 1.72. The predicted octanol–water partition coefficient (Wildman–Crippen LogP) is 3.33. The Morgan fingerprint density at radius 3 is 2.70 bits per heavy atom. The Morgan fingerprint density at radius 2 is 2.15 bits per heavy atom. The lowest BCUT2D eigenvalue weighted by Gasteiger charge is -2.30. The van der Waals surface area contributed by atoms with Crippen LogP contribution < -0.4 is 10.6 Å². The molecule has 1 unspecified atom stereocenters. The normalized spacial score (nSPS) is 20.3. The molecule has 1 aromatic rings. The Bertz CT molecular complexity index is 637. The van der Waals surface area contributed by atoms with E-state index >= 15 is 0 Å². The number of ether oxygens (including phenoxy) is 1. The number of nitrogens with one attached hydrogen (secondary N) is 2. The molecule has 5 nitrogen and oxygen atoms in total. The first-order valence-corrected chi connectivity index (χ1v) is 9.28. The van der Waals surface area contributed by atoms with E-state index in [4.69, 9.17) is 16.3 Å². The van der Waals surface area contributed by atoms with E-state index in [2.05, 4.69) is 15.6 Å². The van der Waals surface area contributed by atoms with Crippen LogP contribution in [-0.4, -0.2) is 51.0 Å². The van der Waals surface area contributed by atoms with E-state index in [-0.39, 0.29) is 47.2 Å². The molecule has 27 heavy (non-hydrogen) atoms. The maximum absolute atomic E-state index is 13.3. The molecule has 1 aliphatic heterocycles. The number of hydrogen-bond acceptors (Lipinski definition) is 3. The molecule has 1 aliphatic rings. The van der Waals surface area contributed by atoms with Gasteiger partial charge in [-0.1, -0.05) is 31.5 Å². The van der Waals surface area contributed by atoms with Crippen molar-refractivity contribution < 1.29 is 14.2 Å². The average Bonchev–Trinajstić information content (AvgIpc) is 3.04. The van der Waals surface area contributed by atoms with Crippen LogP contribution in [0.1, 0.15) is 32.3 Å². The summed E-state index contributed by atoms with van der Waals surface area (Å²) in [5.41, 5.74) is 0.522. The van der Waals surface area contributed by atoms with Crippen LogP contribution in [0.15, 0.2) is 23.2 Å². The quantitative estimate of drug-likeness (QED) is 0.297. The fraction of sp³-hybridized carbons (Fsp3) is 0.632. The summed E-state index contributed by atoms with van der Waals surface area (Å²) >= 11 is 6.21. The van der Waals surface area contributed by atoms with Crippen LogP contribution in [0.25, 0.3) is 0 Å². The molecule has 0 saturated carbocycles. The lowest BCUT2D eigenvalue weighted by Crippen LogP contribution is -2.47. The van der Waals surface area contributed by atoms with Crippen molar-refractivity contribution in [3.05, 3.63) is 34.6 Å². The molecule has 1 fully saturated rings. The molecule has 154 valence electrons. The van der Waals surface area contributed by atoms with Gasteiger partial charge >= 0.3 is 0 Å². The second kappa shape index (κ2) is 10.8. The molecular weight excluding hydrogens is 484 g/mol. The molecule has 1 atom stereocenters. The van der Waals surface area contributed by atoms with Crippen LogP contribution in [0, 0.1) is 11.2 Å². The van der Waals surface area contributed by atoms with Gasteiger partial charge in [0, 0.05) is 49.2 Å². The summed E-state index contributed by atoms with van der Waals surface area (Å²) in [6.45, 7) is 6.88. The molecule has 0 aromatic heterocycles. The zero-order chi connectivity index (χ0) is 19.2. The second-order valence-corrected chi connectivity index (χ2v) is 7.97. The topological polar surface area (TPSA) is 65.9 Å². The fourth-order valence-corrected chi connectivity index (χ4v) is 3.66. The molecular formula is C19H30ClFIN3O2. The van der Waals surface area contributed by atoms with Gasteiger partial charge in [-0.15, -0.1) is 24.0 Å². The van der Waals surface area contributed by atoms with Crippen LogP contribution in [0.5, 0.6) is 0 Å². The van der Waals surface area contributed by atoms with Crippen molar-refractivity contribution in [1.82, 2.24) is 10.6 Å². The van der Waals surface area contributed by atoms with Gasteiger partial charge in [0.05, 0.1) is 6.61 Å². The van der Waals surface area contributed by atoms with E-state index in [9.17, 15) is 9.50 Å². The van der Waals surface area contributed by atoms with Crippen molar-refractivity contribution in [2.45, 2.75) is 32.1 Å². The highest BCUT2D eigenvalue weighted by molar-refractivity contribution is 14.0. The van der Waals surface area contributed by atoms with Gasteiger partial charge in [-0.3, -0.25) is 4.99 Å².